The number of alkyl halides is 3. The summed E-state index contributed by atoms with van der Waals surface area (Å²) in [5, 5.41) is 4.64. The van der Waals surface area contributed by atoms with Crippen molar-refractivity contribution in [1.82, 2.24) is 24.4 Å². The van der Waals surface area contributed by atoms with E-state index in [2.05, 4.69) is 16.9 Å². The fourth-order valence-electron chi connectivity index (χ4n) is 6.05. The van der Waals surface area contributed by atoms with E-state index in [1.807, 2.05) is 48.7 Å². The first-order valence-electron chi connectivity index (χ1n) is 15.4. The number of ketones is 1. The number of nitrogens with zero attached hydrogens (tertiary/aromatic N) is 5. The molecular formula is C33H40F3N5O2. The summed E-state index contributed by atoms with van der Waals surface area (Å²) in [5.41, 5.74) is 4.34. The van der Waals surface area contributed by atoms with Crippen molar-refractivity contribution < 1.29 is 22.8 Å². The molecule has 10 heteroatoms. The predicted molar refractivity (Wildman–Crippen MR) is 160 cm³/mol. The smallest absolute Gasteiger partial charge is 0.339 e. The van der Waals surface area contributed by atoms with Crippen LogP contribution in [0, 0.1) is 0 Å². The number of unbranched alkanes of at least 4 members (excludes halogenated alkanes) is 1. The molecule has 5 rings (SSSR count). The normalized spacial score (nSPS) is 18.2. The van der Waals surface area contributed by atoms with Gasteiger partial charge < -0.3 is 9.80 Å². The third-order valence-corrected chi connectivity index (χ3v) is 8.61. The van der Waals surface area contributed by atoms with Gasteiger partial charge in [-0.3, -0.25) is 9.59 Å². The third-order valence-electron chi connectivity index (χ3n) is 8.61. The van der Waals surface area contributed by atoms with Gasteiger partial charge in [0.1, 0.15) is 0 Å². The van der Waals surface area contributed by atoms with Crippen LogP contribution in [0.4, 0.5) is 13.2 Å². The first-order valence-corrected chi connectivity index (χ1v) is 15.4. The van der Waals surface area contributed by atoms with Crippen molar-refractivity contribution in [1.29, 1.82) is 0 Å². The van der Waals surface area contributed by atoms with Crippen molar-refractivity contribution in [3.63, 3.8) is 0 Å². The largest absolute Gasteiger partial charge is 0.389 e. The van der Waals surface area contributed by atoms with Gasteiger partial charge >= 0.3 is 6.18 Å². The molecule has 2 aromatic heterocycles. The molecule has 0 N–H and O–H groups in total. The van der Waals surface area contributed by atoms with E-state index in [0.29, 0.717) is 43.3 Å². The number of pyridine rings is 1. The van der Waals surface area contributed by atoms with Crippen molar-refractivity contribution in [2.45, 2.75) is 83.4 Å². The molecule has 1 fully saturated rings. The molecule has 1 aromatic carbocycles. The lowest BCUT2D eigenvalue weighted by Gasteiger charge is -2.33. The van der Waals surface area contributed by atoms with Crippen LogP contribution in [0.25, 0.3) is 11.2 Å². The highest BCUT2D eigenvalue weighted by atomic mass is 19.4. The van der Waals surface area contributed by atoms with E-state index in [0.717, 1.165) is 41.6 Å². The molecule has 230 valence electrons. The molecule has 2 aliphatic heterocycles. The lowest BCUT2D eigenvalue weighted by atomic mass is 10.00. The fraction of sp³-hybridized carbons (Fsp3) is 0.515. The fourth-order valence-corrected chi connectivity index (χ4v) is 6.05. The average Bonchev–Trinajstić information content (AvgIpc) is 3.41. The number of carbonyl (C=O) groups is 2. The molecule has 7 nitrogen and oxygen atoms in total. The molecule has 0 aliphatic carbocycles. The number of Topliss-reactive ketones (excluding diaryl/α,β-unsaturated/α-hetero) is 1. The minimum absolute atomic E-state index is 0.176. The summed E-state index contributed by atoms with van der Waals surface area (Å²) in [4.78, 5) is 33.8. The van der Waals surface area contributed by atoms with Crippen LogP contribution < -0.4 is 0 Å². The minimum Gasteiger partial charge on any atom is -0.339 e. The second-order valence-electron chi connectivity index (χ2n) is 11.8. The van der Waals surface area contributed by atoms with Gasteiger partial charge in [-0.25, -0.2) is 9.50 Å². The average molecular weight is 596 g/mol. The number of piperidine rings is 1. The summed E-state index contributed by atoms with van der Waals surface area (Å²) < 4.78 is 39.2. The Hall–Kier alpha value is -3.53. The third kappa shape index (κ3) is 8.31. The van der Waals surface area contributed by atoms with Crippen molar-refractivity contribution in [2.24, 2.45) is 0 Å². The Balaban J connectivity index is 1.15. The number of rotatable bonds is 11. The van der Waals surface area contributed by atoms with Gasteiger partial charge in [-0.15, -0.1) is 0 Å². The topological polar surface area (TPSA) is 70.8 Å². The van der Waals surface area contributed by atoms with Crippen LogP contribution >= 0.6 is 0 Å². The minimum atomic E-state index is -4.34. The Morgan fingerprint density at radius 3 is 2.56 bits per heavy atom. The molecule has 43 heavy (non-hydrogen) atoms. The van der Waals surface area contributed by atoms with E-state index in [4.69, 9.17) is 4.98 Å². The van der Waals surface area contributed by atoms with Gasteiger partial charge in [0, 0.05) is 55.7 Å². The number of fused-ring (bicyclic) bond motifs is 1. The van der Waals surface area contributed by atoms with Gasteiger partial charge in [0.15, 0.2) is 17.3 Å². The summed E-state index contributed by atoms with van der Waals surface area (Å²) >= 11 is 0. The molecule has 2 aliphatic rings. The maximum absolute atomic E-state index is 12.8. The van der Waals surface area contributed by atoms with Gasteiger partial charge in [0.05, 0.1) is 6.42 Å². The first kappa shape index (κ1) is 30.9. The van der Waals surface area contributed by atoms with Crippen LogP contribution in [-0.2, 0) is 11.2 Å². The lowest BCUT2D eigenvalue weighted by Crippen LogP contribution is -2.38. The number of aromatic nitrogens is 3. The number of hydrogen-bond donors (Lipinski definition) is 0. The molecule has 0 spiro atoms. The van der Waals surface area contributed by atoms with Crippen LogP contribution in [0.5, 0.6) is 0 Å². The van der Waals surface area contributed by atoms with E-state index >= 15 is 0 Å². The van der Waals surface area contributed by atoms with E-state index < -0.39 is 24.9 Å². The summed E-state index contributed by atoms with van der Waals surface area (Å²) in [6.07, 6.45) is 5.21. The van der Waals surface area contributed by atoms with Gasteiger partial charge in [0.25, 0.3) is 0 Å². The van der Waals surface area contributed by atoms with Crippen LogP contribution in [0.1, 0.15) is 92.0 Å². The zero-order valence-corrected chi connectivity index (χ0v) is 24.8. The number of likely N-dealkylation sites (tertiary alicyclic amines) is 1. The van der Waals surface area contributed by atoms with Crippen molar-refractivity contribution >= 4 is 22.9 Å². The van der Waals surface area contributed by atoms with Gasteiger partial charge in [-0.05, 0) is 75.4 Å². The van der Waals surface area contributed by atoms with Crippen LogP contribution in [0.2, 0.25) is 0 Å². The maximum Gasteiger partial charge on any atom is 0.389 e. The Kier molecular flexibility index (Phi) is 9.95. The summed E-state index contributed by atoms with van der Waals surface area (Å²) in [6, 6.07) is 12.2. The van der Waals surface area contributed by atoms with Crippen LogP contribution in [-0.4, -0.2) is 74.5 Å². The summed E-state index contributed by atoms with van der Waals surface area (Å²) in [6.45, 7) is 5.19. The molecule has 4 heterocycles. The Morgan fingerprint density at radius 2 is 1.84 bits per heavy atom. The molecule has 1 amide bonds. The number of carbonyl (C=O) groups excluding carboxylic acids is 2. The maximum atomic E-state index is 12.8. The van der Waals surface area contributed by atoms with Crippen LogP contribution in [0.3, 0.4) is 0 Å². The molecule has 0 radical (unpaired) electrons. The SMILES string of the molecule is CC1CCCCN1CCCCC(=O)c1ccc(Cc2nc3c(C4=CCN(C(=O)CCC(F)(F)F)CC4)cccn3n2)cc1. The zero-order chi connectivity index (χ0) is 30.4. The van der Waals surface area contributed by atoms with E-state index in [9.17, 15) is 22.8 Å². The van der Waals surface area contributed by atoms with Crippen molar-refractivity contribution in [2.75, 3.05) is 26.2 Å². The van der Waals surface area contributed by atoms with E-state index in [1.54, 1.807) is 4.52 Å². The molecule has 1 unspecified atom stereocenters. The quantitative estimate of drug-likeness (QED) is 0.187. The summed E-state index contributed by atoms with van der Waals surface area (Å²) in [7, 11) is 0. The van der Waals surface area contributed by atoms with E-state index in [1.165, 1.54) is 30.7 Å². The number of halogens is 3. The second-order valence-corrected chi connectivity index (χ2v) is 11.8. The molecule has 3 aromatic rings. The predicted octanol–water partition coefficient (Wildman–Crippen LogP) is 6.51. The summed E-state index contributed by atoms with van der Waals surface area (Å²) in [5.74, 6) is 0.347. The highest BCUT2D eigenvalue weighted by Gasteiger charge is 2.29. The number of hydrogen-bond acceptors (Lipinski definition) is 5. The van der Waals surface area contributed by atoms with Gasteiger partial charge in [-0.2, -0.15) is 18.3 Å². The molecule has 1 saturated heterocycles. The van der Waals surface area contributed by atoms with Crippen molar-refractivity contribution in [3.8, 4) is 0 Å². The zero-order valence-electron chi connectivity index (χ0n) is 24.8. The molecule has 0 saturated carbocycles. The monoisotopic (exact) mass is 595 g/mol. The Bertz CT molecular complexity index is 1450. The lowest BCUT2D eigenvalue weighted by molar-refractivity contribution is -0.148. The highest BCUT2D eigenvalue weighted by molar-refractivity contribution is 5.96. The molecule has 1 atom stereocenters. The van der Waals surface area contributed by atoms with Crippen molar-refractivity contribution in [3.05, 3.63) is 71.2 Å². The molecule has 0 bridgehead atoms. The first-order chi connectivity index (χ1) is 20.7. The van der Waals surface area contributed by atoms with E-state index in [-0.39, 0.29) is 12.3 Å². The number of amides is 1. The standard InChI is InChI=1S/C33H40F3N5O2/c1-24-7-2-4-18-39(24)19-5-3-9-29(42)27-12-10-25(11-13-27)23-30-37-32-28(8-6-20-41(32)38-30)26-15-21-40(22-16-26)31(43)14-17-33(34,35)36/h6,8,10-13,15,20,24H,2-5,7,9,14,16-19,21-23H2,1H3. The second kappa shape index (κ2) is 13.8. The number of benzene rings is 1. The van der Waals surface area contributed by atoms with Crippen LogP contribution in [0.15, 0.2) is 48.7 Å². The Morgan fingerprint density at radius 1 is 1.02 bits per heavy atom. The highest BCUT2D eigenvalue weighted by Crippen LogP contribution is 2.27. The molecular weight excluding hydrogens is 555 g/mol. The Labute approximate surface area is 250 Å². The van der Waals surface area contributed by atoms with Gasteiger partial charge in [-0.1, -0.05) is 36.8 Å². The van der Waals surface area contributed by atoms with Gasteiger partial charge in [0.2, 0.25) is 5.91 Å².